The topological polar surface area (TPSA) is 27.1 Å². The summed E-state index contributed by atoms with van der Waals surface area (Å²) < 4.78 is 7.84. The number of halogens is 2. The van der Waals surface area contributed by atoms with E-state index >= 15 is 0 Å². The van der Waals surface area contributed by atoms with Gasteiger partial charge in [0, 0.05) is 18.9 Å². The van der Waals surface area contributed by atoms with E-state index in [-0.39, 0.29) is 0 Å². The third-order valence-corrected chi connectivity index (χ3v) is 4.05. The number of para-hydroxylation sites is 1. The van der Waals surface area contributed by atoms with E-state index in [1.807, 2.05) is 18.2 Å². The first-order chi connectivity index (χ1) is 9.31. The zero-order valence-corrected chi connectivity index (χ0v) is 12.1. The molecule has 5 heteroatoms. The number of alkyl halides is 1. The highest BCUT2D eigenvalue weighted by Gasteiger charge is 2.22. The molecule has 102 valence electrons. The van der Waals surface area contributed by atoms with Crippen molar-refractivity contribution in [1.29, 1.82) is 0 Å². The van der Waals surface area contributed by atoms with Gasteiger partial charge in [-0.25, -0.2) is 4.98 Å². The molecule has 1 saturated heterocycles. The average Bonchev–Trinajstić information content (AvgIpc) is 2.80. The van der Waals surface area contributed by atoms with Gasteiger partial charge in [0.15, 0.2) is 0 Å². The first kappa shape index (κ1) is 13.2. The zero-order chi connectivity index (χ0) is 13.2. The van der Waals surface area contributed by atoms with Crippen LogP contribution < -0.4 is 0 Å². The molecule has 2 heterocycles. The molecule has 1 aromatic heterocycles. The van der Waals surface area contributed by atoms with Gasteiger partial charge in [0.25, 0.3) is 0 Å². The fourth-order valence-corrected chi connectivity index (χ4v) is 3.17. The number of hydrogen-bond donors (Lipinski definition) is 0. The van der Waals surface area contributed by atoms with Crippen LogP contribution in [0.25, 0.3) is 11.0 Å². The normalized spacial score (nSPS) is 20.0. The largest absolute Gasteiger partial charge is 0.379 e. The monoisotopic (exact) mass is 298 g/mol. The molecule has 3 nitrogen and oxygen atoms in total. The number of benzene rings is 1. The second-order valence-electron chi connectivity index (χ2n) is 4.82. The van der Waals surface area contributed by atoms with Crippen LogP contribution in [0.3, 0.4) is 0 Å². The second-order valence-corrected chi connectivity index (χ2v) is 5.60. The minimum atomic E-state index is 0.317. The summed E-state index contributed by atoms with van der Waals surface area (Å²) in [6, 6.07) is 6.16. The van der Waals surface area contributed by atoms with E-state index in [2.05, 4.69) is 9.55 Å². The number of aromatic nitrogens is 2. The van der Waals surface area contributed by atoms with Gasteiger partial charge in [0.05, 0.1) is 28.7 Å². The summed E-state index contributed by atoms with van der Waals surface area (Å²) in [4.78, 5) is 4.68. The van der Waals surface area contributed by atoms with Gasteiger partial charge in [0.1, 0.15) is 5.82 Å². The summed E-state index contributed by atoms with van der Waals surface area (Å²) in [6.07, 6.45) is 2.93. The number of ether oxygens (including phenoxy) is 1. The fourth-order valence-electron chi connectivity index (χ4n) is 2.74. The van der Waals surface area contributed by atoms with E-state index in [1.165, 1.54) is 0 Å². The van der Waals surface area contributed by atoms with Crippen LogP contribution in [-0.4, -0.2) is 28.6 Å². The van der Waals surface area contributed by atoms with Gasteiger partial charge >= 0.3 is 0 Å². The van der Waals surface area contributed by atoms with Crippen molar-refractivity contribution in [3.63, 3.8) is 0 Å². The van der Waals surface area contributed by atoms with E-state index in [0.29, 0.717) is 11.9 Å². The van der Waals surface area contributed by atoms with E-state index in [0.717, 1.165) is 54.4 Å². The molecule has 0 saturated carbocycles. The van der Waals surface area contributed by atoms with Crippen LogP contribution >= 0.6 is 23.2 Å². The summed E-state index contributed by atoms with van der Waals surface area (Å²) in [7, 11) is 0. The Labute approximate surface area is 122 Å². The lowest BCUT2D eigenvalue weighted by molar-refractivity contribution is 0.0596. The second kappa shape index (κ2) is 5.70. The Balaban J connectivity index is 2.14. The predicted octanol–water partition coefficient (Wildman–Crippen LogP) is 3.82. The first-order valence-corrected chi connectivity index (χ1v) is 7.51. The molecule has 1 aliphatic heterocycles. The van der Waals surface area contributed by atoms with Crippen molar-refractivity contribution in [3.8, 4) is 0 Å². The van der Waals surface area contributed by atoms with Gasteiger partial charge < -0.3 is 9.30 Å². The highest BCUT2D eigenvalue weighted by atomic mass is 35.5. The van der Waals surface area contributed by atoms with Crippen molar-refractivity contribution in [3.05, 3.63) is 29.0 Å². The van der Waals surface area contributed by atoms with E-state index in [1.54, 1.807) is 0 Å². The standard InChI is InChI=1S/C14H16Cl2N2O/c15-7-6-13-17-12-5-1-4-11(16)14(12)18(13)10-3-2-8-19-9-10/h1,4-5,10H,2-3,6-9H2. The van der Waals surface area contributed by atoms with Crippen LogP contribution in [0.1, 0.15) is 24.7 Å². The average molecular weight is 299 g/mol. The summed E-state index contributed by atoms with van der Waals surface area (Å²) in [5.41, 5.74) is 1.96. The Bertz CT molecular complexity index is 576. The summed E-state index contributed by atoms with van der Waals surface area (Å²) in [5.74, 6) is 1.57. The number of hydrogen-bond acceptors (Lipinski definition) is 2. The molecular formula is C14H16Cl2N2O. The Kier molecular flexibility index (Phi) is 3.96. The highest BCUT2D eigenvalue weighted by molar-refractivity contribution is 6.35. The van der Waals surface area contributed by atoms with E-state index in [9.17, 15) is 0 Å². The van der Waals surface area contributed by atoms with Crippen LogP contribution in [0, 0.1) is 0 Å². The van der Waals surface area contributed by atoms with Crippen LogP contribution in [0.4, 0.5) is 0 Å². The maximum absolute atomic E-state index is 6.36. The lowest BCUT2D eigenvalue weighted by atomic mass is 10.1. The maximum Gasteiger partial charge on any atom is 0.111 e. The van der Waals surface area contributed by atoms with Crippen molar-refractivity contribution in [2.24, 2.45) is 0 Å². The number of aryl methyl sites for hydroxylation is 1. The van der Waals surface area contributed by atoms with Crippen molar-refractivity contribution >= 4 is 34.2 Å². The van der Waals surface area contributed by atoms with E-state index in [4.69, 9.17) is 27.9 Å². The molecule has 0 amide bonds. The third kappa shape index (κ3) is 2.47. The minimum absolute atomic E-state index is 0.317. The molecule has 0 aliphatic carbocycles. The SMILES string of the molecule is ClCCc1nc2cccc(Cl)c2n1C1CCCOC1. The van der Waals surface area contributed by atoms with Gasteiger partial charge in [0.2, 0.25) is 0 Å². The van der Waals surface area contributed by atoms with Crippen molar-refractivity contribution < 1.29 is 4.74 Å². The Morgan fingerprint density at radius 3 is 3.05 bits per heavy atom. The summed E-state index contributed by atoms with van der Waals surface area (Å²) in [5, 5.41) is 0.747. The zero-order valence-electron chi connectivity index (χ0n) is 10.6. The molecule has 0 radical (unpaired) electrons. The molecule has 2 aromatic rings. The Morgan fingerprint density at radius 1 is 1.42 bits per heavy atom. The molecule has 0 spiro atoms. The highest BCUT2D eigenvalue weighted by Crippen LogP contribution is 2.31. The number of imidazole rings is 1. The molecule has 1 atom stereocenters. The number of nitrogens with zero attached hydrogens (tertiary/aromatic N) is 2. The van der Waals surface area contributed by atoms with E-state index < -0.39 is 0 Å². The number of rotatable bonds is 3. The Hall–Kier alpha value is -0.770. The molecule has 3 rings (SSSR count). The van der Waals surface area contributed by atoms with Gasteiger partial charge in [-0.05, 0) is 25.0 Å². The molecule has 0 N–H and O–H groups in total. The number of fused-ring (bicyclic) bond motifs is 1. The molecule has 1 fully saturated rings. The quantitative estimate of drug-likeness (QED) is 0.806. The lowest BCUT2D eigenvalue weighted by Gasteiger charge is -2.26. The van der Waals surface area contributed by atoms with Crippen LogP contribution in [0.15, 0.2) is 18.2 Å². The Morgan fingerprint density at radius 2 is 2.32 bits per heavy atom. The van der Waals surface area contributed by atoms with Gasteiger partial charge in [-0.2, -0.15) is 0 Å². The molecular weight excluding hydrogens is 283 g/mol. The smallest absolute Gasteiger partial charge is 0.111 e. The summed E-state index contributed by atoms with van der Waals surface area (Å²) in [6.45, 7) is 1.58. The molecule has 1 aliphatic rings. The molecule has 1 aromatic carbocycles. The van der Waals surface area contributed by atoms with Gasteiger partial charge in [-0.1, -0.05) is 17.7 Å². The maximum atomic E-state index is 6.36. The fraction of sp³-hybridized carbons (Fsp3) is 0.500. The van der Waals surface area contributed by atoms with Crippen molar-refractivity contribution in [2.75, 3.05) is 19.1 Å². The van der Waals surface area contributed by atoms with Crippen LogP contribution in [0.5, 0.6) is 0 Å². The minimum Gasteiger partial charge on any atom is -0.379 e. The lowest BCUT2D eigenvalue weighted by Crippen LogP contribution is -2.23. The summed E-state index contributed by atoms with van der Waals surface area (Å²) >= 11 is 12.3. The molecule has 19 heavy (non-hydrogen) atoms. The van der Waals surface area contributed by atoms with Crippen molar-refractivity contribution in [2.45, 2.75) is 25.3 Å². The predicted molar refractivity (Wildman–Crippen MR) is 78.3 cm³/mol. The first-order valence-electron chi connectivity index (χ1n) is 6.60. The van der Waals surface area contributed by atoms with Crippen LogP contribution in [0.2, 0.25) is 5.02 Å². The molecule has 1 unspecified atom stereocenters. The molecule has 0 bridgehead atoms. The van der Waals surface area contributed by atoms with Gasteiger partial charge in [-0.15, -0.1) is 11.6 Å². The van der Waals surface area contributed by atoms with Crippen molar-refractivity contribution in [1.82, 2.24) is 9.55 Å². The van der Waals surface area contributed by atoms with Crippen LogP contribution in [-0.2, 0) is 11.2 Å². The van der Waals surface area contributed by atoms with Gasteiger partial charge in [-0.3, -0.25) is 0 Å². The third-order valence-electron chi connectivity index (χ3n) is 3.55.